The van der Waals surface area contributed by atoms with Crippen LogP contribution in [0, 0.1) is 11.3 Å². The molecule has 0 aromatic carbocycles. The van der Waals surface area contributed by atoms with Crippen molar-refractivity contribution >= 4 is 40.4 Å². The number of aromatic nitrogens is 4. The third-order valence-electron chi connectivity index (χ3n) is 8.17. The quantitative estimate of drug-likeness (QED) is 0.152. The van der Waals surface area contributed by atoms with Gasteiger partial charge in [-0.25, -0.2) is 19.9 Å². The smallest absolute Gasteiger partial charge is 0.335 e. The molecule has 2 aliphatic heterocycles. The van der Waals surface area contributed by atoms with Crippen molar-refractivity contribution in [1.29, 1.82) is 5.26 Å². The Balaban J connectivity index is 1.82. The Bertz CT molecular complexity index is 1260. The first kappa shape index (κ1) is 32.7. The molecule has 0 bridgehead atoms. The van der Waals surface area contributed by atoms with E-state index in [-0.39, 0.29) is 35.2 Å². The van der Waals surface area contributed by atoms with Crippen molar-refractivity contribution in [2.75, 3.05) is 27.3 Å². The van der Waals surface area contributed by atoms with E-state index in [0.29, 0.717) is 23.6 Å². The van der Waals surface area contributed by atoms with E-state index in [4.69, 9.17) is 22.4 Å². The molecule has 2 saturated heterocycles. The highest BCUT2D eigenvalue weighted by Gasteiger charge is 2.62. The molecule has 12 nitrogen and oxygen atoms in total. The summed E-state index contributed by atoms with van der Waals surface area (Å²) in [5, 5.41) is 9.29. The number of nitriles is 1. The zero-order chi connectivity index (χ0) is 30.8. The molecule has 4 rings (SSSR count). The molecule has 4 heterocycles. The highest BCUT2D eigenvalue weighted by molar-refractivity contribution is 6.84. The minimum absolute atomic E-state index is 0.155. The van der Waals surface area contributed by atoms with Crippen LogP contribution in [0.2, 0.25) is 22.2 Å². The third-order valence-corrected chi connectivity index (χ3v) is 18.4. The van der Waals surface area contributed by atoms with Crippen LogP contribution in [0.1, 0.15) is 68.0 Å². The Morgan fingerprint density at radius 1 is 1.07 bits per heavy atom. The van der Waals surface area contributed by atoms with E-state index in [1.807, 2.05) is 23.6 Å². The molecular weight excluding hydrogens is 571 g/mol. The fourth-order valence-electron chi connectivity index (χ4n) is 6.06. The monoisotopic (exact) mass is 617 g/mol. The molecule has 0 saturated carbocycles. The first-order chi connectivity index (χ1) is 19.9. The van der Waals surface area contributed by atoms with Gasteiger partial charge in [0.1, 0.15) is 24.6 Å². The van der Waals surface area contributed by atoms with E-state index in [9.17, 15) is 5.26 Å². The predicted octanol–water partition coefficient (Wildman–Crippen LogP) is 5.20. The van der Waals surface area contributed by atoms with Crippen LogP contribution in [0.3, 0.4) is 0 Å². The lowest BCUT2D eigenvalue weighted by molar-refractivity contribution is -0.0682. The third kappa shape index (κ3) is 6.05. The summed E-state index contributed by atoms with van der Waals surface area (Å²) in [6.07, 6.45) is 3.03. The summed E-state index contributed by atoms with van der Waals surface area (Å²) < 4.78 is 36.7. The molecule has 4 atom stereocenters. The minimum atomic E-state index is -2.92. The number of hydrogen-bond donors (Lipinski definition) is 0. The van der Waals surface area contributed by atoms with Gasteiger partial charge in [0.05, 0.1) is 38.4 Å². The summed E-state index contributed by atoms with van der Waals surface area (Å²) in [4.78, 5) is 19.8. The molecule has 0 radical (unpaired) electrons. The van der Waals surface area contributed by atoms with Crippen LogP contribution in [0.15, 0.2) is 17.6 Å². The van der Waals surface area contributed by atoms with E-state index < -0.39 is 41.7 Å². The van der Waals surface area contributed by atoms with Gasteiger partial charge < -0.3 is 27.3 Å². The Morgan fingerprint density at radius 2 is 1.74 bits per heavy atom. The molecule has 0 aliphatic carbocycles. The van der Waals surface area contributed by atoms with Crippen LogP contribution in [0.5, 0.6) is 0 Å². The van der Waals surface area contributed by atoms with Crippen molar-refractivity contribution < 1.29 is 22.4 Å². The summed E-state index contributed by atoms with van der Waals surface area (Å²) in [6, 6.07) is 2.18. The van der Waals surface area contributed by atoms with E-state index in [2.05, 4.69) is 81.4 Å². The maximum atomic E-state index is 9.29. The van der Waals surface area contributed by atoms with Gasteiger partial charge in [0.2, 0.25) is 0 Å². The first-order valence-corrected chi connectivity index (χ1v) is 18.9. The van der Waals surface area contributed by atoms with Crippen molar-refractivity contribution in [2.45, 2.75) is 109 Å². The summed E-state index contributed by atoms with van der Waals surface area (Å²) in [5.74, 6) is 0.460. The first-order valence-electron chi connectivity index (χ1n) is 14.9. The average Bonchev–Trinajstić information content (AvgIpc) is 3.48. The van der Waals surface area contributed by atoms with Crippen LogP contribution >= 0.6 is 0 Å². The number of nitrogens with zero attached hydrogens (tertiary/aromatic N) is 7. The van der Waals surface area contributed by atoms with E-state index in [0.717, 1.165) is 0 Å². The van der Waals surface area contributed by atoms with Gasteiger partial charge >= 0.3 is 17.1 Å². The molecule has 2 aromatic rings. The second-order valence-electron chi connectivity index (χ2n) is 12.6. The SMILES string of the molecule is CC(C)[Si]1(C(C)C)OC[C@H]2O[C@@H](n3cnc4c(/N=C/N(C)C)ncnc43)[C@@H](OCCC#N)C2O[Si](C(C)C)(C(C)C)O1. The van der Waals surface area contributed by atoms with Gasteiger partial charge in [-0.3, -0.25) is 4.57 Å². The molecule has 2 aromatic heterocycles. The molecule has 232 valence electrons. The zero-order valence-corrected chi connectivity index (χ0v) is 28.6. The van der Waals surface area contributed by atoms with Gasteiger partial charge in [-0.1, -0.05) is 55.4 Å². The Morgan fingerprint density at radius 3 is 2.33 bits per heavy atom. The number of aliphatic imine (C=N–C) groups is 1. The highest BCUT2D eigenvalue weighted by atomic mass is 28.5. The largest absolute Gasteiger partial charge is 0.414 e. The summed E-state index contributed by atoms with van der Waals surface area (Å²) in [5.41, 5.74) is 1.88. The zero-order valence-electron chi connectivity index (χ0n) is 26.6. The van der Waals surface area contributed by atoms with Crippen molar-refractivity contribution in [3.63, 3.8) is 0 Å². The number of fused-ring (bicyclic) bond motifs is 2. The second kappa shape index (κ2) is 13.2. The lowest BCUT2D eigenvalue weighted by Gasteiger charge is -2.51. The molecule has 0 spiro atoms. The summed E-state index contributed by atoms with van der Waals surface area (Å²) in [7, 11) is -1.87. The molecule has 2 aliphatic rings. The Kier molecular flexibility index (Phi) is 10.2. The van der Waals surface area contributed by atoms with Gasteiger partial charge in [0.15, 0.2) is 23.2 Å². The lowest BCUT2D eigenvalue weighted by atomic mass is 10.1. The molecular formula is C28H47N7O5Si2. The Labute approximate surface area is 251 Å². The van der Waals surface area contributed by atoms with Gasteiger partial charge in [0, 0.05) is 14.1 Å². The number of hydrogen-bond acceptors (Lipinski definition) is 10. The van der Waals surface area contributed by atoms with Gasteiger partial charge in [-0.05, 0) is 22.2 Å². The number of rotatable bonds is 10. The Hall–Kier alpha value is -2.26. The number of ether oxygens (including phenoxy) is 2. The summed E-state index contributed by atoms with van der Waals surface area (Å²) in [6.45, 7) is 18.1. The average molecular weight is 618 g/mol. The fraction of sp³-hybridized carbons (Fsp3) is 0.750. The van der Waals surface area contributed by atoms with Gasteiger partial charge in [0.25, 0.3) is 0 Å². The van der Waals surface area contributed by atoms with Crippen molar-refractivity contribution in [3.8, 4) is 6.07 Å². The highest BCUT2D eigenvalue weighted by Crippen LogP contribution is 2.49. The molecule has 0 N–H and O–H groups in total. The van der Waals surface area contributed by atoms with E-state index >= 15 is 0 Å². The normalized spacial score (nSPS) is 25.8. The lowest BCUT2D eigenvalue weighted by Crippen LogP contribution is -2.66. The van der Waals surface area contributed by atoms with E-state index in [1.54, 1.807) is 12.7 Å². The van der Waals surface area contributed by atoms with Crippen LogP contribution in [0.4, 0.5) is 5.82 Å². The van der Waals surface area contributed by atoms with Crippen LogP contribution in [0.25, 0.3) is 11.2 Å². The second-order valence-corrected chi connectivity index (χ2v) is 21.4. The summed E-state index contributed by atoms with van der Waals surface area (Å²) >= 11 is 0. The fourth-order valence-corrected chi connectivity index (χ4v) is 17.3. The van der Waals surface area contributed by atoms with E-state index in [1.165, 1.54) is 6.33 Å². The van der Waals surface area contributed by atoms with Crippen molar-refractivity contribution in [2.24, 2.45) is 4.99 Å². The molecule has 14 heteroatoms. The molecule has 2 fully saturated rings. The topological polar surface area (TPSA) is 129 Å². The molecule has 1 unspecified atom stereocenters. The molecule has 42 heavy (non-hydrogen) atoms. The van der Waals surface area contributed by atoms with Crippen LogP contribution in [-0.2, 0) is 22.4 Å². The van der Waals surface area contributed by atoms with Gasteiger partial charge in [-0.2, -0.15) is 5.26 Å². The standard InChI is InChI=1S/C28H47N7O5Si2/c1-18(2)41(19(3)4)37-14-22-24(39-42(40-41,20(5)6)21(7)8)25(36-13-11-12-29)28(38-22)35-17-32-23-26(33-16-34(9)10)30-15-31-27(23)35/h15-22,24-25,28H,11,13-14H2,1-10H3/b33-16+/t22-,24?,25+,28-/m1/s1. The minimum Gasteiger partial charge on any atom is -0.414 e. The number of imidazole rings is 1. The molecule has 0 amide bonds. The van der Waals surface area contributed by atoms with Crippen LogP contribution in [-0.4, -0.2) is 93.5 Å². The van der Waals surface area contributed by atoms with Gasteiger partial charge in [-0.15, -0.1) is 0 Å². The van der Waals surface area contributed by atoms with Crippen LogP contribution < -0.4 is 0 Å². The van der Waals surface area contributed by atoms with Crippen molar-refractivity contribution in [1.82, 2.24) is 24.4 Å². The van der Waals surface area contributed by atoms with Crippen molar-refractivity contribution in [3.05, 3.63) is 12.7 Å². The maximum absolute atomic E-state index is 9.29. The predicted molar refractivity (Wildman–Crippen MR) is 165 cm³/mol. The maximum Gasteiger partial charge on any atom is 0.335 e.